The summed E-state index contributed by atoms with van der Waals surface area (Å²) < 4.78 is 0.911. The average Bonchev–Trinajstić information content (AvgIpc) is 3.66. The van der Waals surface area contributed by atoms with Gasteiger partial charge >= 0.3 is 0 Å². The summed E-state index contributed by atoms with van der Waals surface area (Å²) in [5, 5.41) is 32.0. The summed E-state index contributed by atoms with van der Waals surface area (Å²) in [5.74, 6) is 0.959. The van der Waals surface area contributed by atoms with Crippen molar-refractivity contribution in [3.8, 4) is 0 Å². The third-order valence-electron chi connectivity index (χ3n) is 5.85. The maximum atomic E-state index is 4.46. The van der Waals surface area contributed by atoms with Crippen LogP contribution in [0.3, 0.4) is 0 Å². The lowest BCUT2D eigenvalue weighted by molar-refractivity contribution is 0.949. The summed E-state index contributed by atoms with van der Waals surface area (Å²) >= 11 is 4.80. The van der Waals surface area contributed by atoms with Crippen LogP contribution in [0.25, 0.3) is 0 Å². The first-order valence-electron chi connectivity index (χ1n) is 12.2. The van der Waals surface area contributed by atoms with Crippen LogP contribution in [0.4, 0.5) is 37.9 Å². The number of benzene rings is 2. The van der Waals surface area contributed by atoms with E-state index in [0.717, 1.165) is 62.1 Å². The molecule has 0 unspecified atom stereocenters. The van der Waals surface area contributed by atoms with E-state index >= 15 is 0 Å². The molecule has 8 nitrogen and oxygen atoms in total. The third kappa shape index (κ3) is 6.60. The van der Waals surface area contributed by atoms with Gasteiger partial charge in [0.2, 0.25) is 0 Å². The smallest absolute Gasteiger partial charge is 0.252 e. The van der Waals surface area contributed by atoms with Gasteiger partial charge in [0.05, 0.1) is 16.4 Å². The number of rotatable bonds is 9. The van der Waals surface area contributed by atoms with Gasteiger partial charge in [-0.3, -0.25) is 0 Å². The number of anilines is 3. The summed E-state index contributed by atoms with van der Waals surface area (Å²) in [4.78, 5) is 2.42. The van der Waals surface area contributed by atoms with Crippen LogP contribution in [0.1, 0.15) is 30.9 Å². The van der Waals surface area contributed by atoms with E-state index in [9.17, 15) is 0 Å². The maximum Gasteiger partial charge on any atom is 0.252 e. The van der Waals surface area contributed by atoms with Gasteiger partial charge in [-0.25, -0.2) is 0 Å². The van der Waals surface area contributed by atoms with Gasteiger partial charge in [-0.1, -0.05) is 41.4 Å². The minimum absolute atomic E-state index is 0.566. The van der Waals surface area contributed by atoms with Crippen LogP contribution in [0.2, 0.25) is 0 Å². The molecule has 1 saturated heterocycles. The van der Waals surface area contributed by atoms with Gasteiger partial charge in [0.25, 0.3) is 5.13 Å². The van der Waals surface area contributed by atoms with Gasteiger partial charge in [-0.05, 0) is 92.1 Å². The van der Waals surface area contributed by atoms with Gasteiger partial charge in [-0.15, -0.1) is 30.7 Å². The molecule has 0 radical (unpaired) electrons. The van der Waals surface area contributed by atoms with Crippen LogP contribution in [0, 0.1) is 13.8 Å². The third-order valence-corrected chi connectivity index (χ3v) is 8.71. The monoisotopic (exact) mass is 548 g/mol. The number of thiophene rings is 1. The second-order valence-electron chi connectivity index (χ2n) is 8.62. The number of nitrogens with zero attached hydrogens (tertiary/aromatic N) is 7. The first-order valence-corrected chi connectivity index (χ1v) is 14.8. The lowest BCUT2D eigenvalue weighted by atomic mass is 10.1. The Morgan fingerprint density at radius 2 is 1.76 bits per heavy atom. The van der Waals surface area contributed by atoms with Gasteiger partial charge in [-0.2, -0.15) is 0 Å². The van der Waals surface area contributed by atoms with Crippen molar-refractivity contribution < 1.29 is 0 Å². The standard InChI is InChI=1S/C26H28N8S3/c1-4-35-26-33-32-25(37-26)31-29-22-10-7-19(15-18(22)3)27-21-9-8-20(16-17(21)2)28-30-23-11-12-24(36-23)34-13-5-6-14-34/h7-12,15-16,27H,4-6,13-14H2,1-3H3/b30-28+,31-29+. The zero-order valence-electron chi connectivity index (χ0n) is 21.0. The molecule has 190 valence electrons. The quantitative estimate of drug-likeness (QED) is 0.166. The Morgan fingerprint density at radius 1 is 0.892 bits per heavy atom. The molecule has 4 aromatic rings. The SMILES string of the molecule is CCSc1nnc(/N=N/c2ccc(Nc3ccc(/N=N/c4ccc(N5CCCC5)s4)cc3C)cc2C)s1. The molecule has 37 heavy (non-hydrogen) atoms. The highest BCUT2D eigenvalue weighted by molar-refractivity contribution is 8.01. The Morgan fingerprint density at radius 3 is 2.54 bits per heavy atom. The van der Waals surface area contributed by atoms with Crippen LogP contribution in [-0.2, 0) is 0 Å². The van der Waals surface area contributed by atoms with Crippen molar-refractivity contribution in [2.24, 2.45) is 20.5 Å². The predicted octanol–water partition coefficient (Wildman–Crippen LogP) is 9.50. The van der Waals surface area contributed by atoms with Crippen molar-refractivity contribution in [1.82, 2.24) is 10.2 Å². The molecule has 3 heterocycles. The number of aromatic nitrogens is 2. The lowest BCUT2D eigenvalue weighted by Crippen LogP contribution is -2.15. The summed E-state index contributed by atoms with van der Waals surface area (Å²) in [6, 6.07) is 16.3. The van der Waals surface area contributed by atoms with Crippen molar-refractivity contribution in [3.63, 3.8) is 0 Å². The number of hydrogen-bond acceptors (Lipinski definition) is 11. The second-order valence-corrected chi connectivity index (χ2v) is 12.1. The minimum Gasteiger partial charge on any atom is -0.363 e. The van der Waals surface area contributed by atoms with Crippen LogP contribution < -0.4 is 10.2 Å². The van der Waals surface area contributed by atoms with E-state index in [4.69, 9.17) is 0 Å². The second kappa shape index (κ2) is 11.9. The van der Waals surface area contributed by atoms with Crippen molar-refractivity contribution in [1.29, 1.82) is 0 Å². The molecule has 0 bridgehead atoms. The highest BCUT2D eigenvalue weighted by Gasteiger charge is 2.14. The Labute approximate surface area is 229 Å². The van der Waals surface area contributed by atoms with Gasteiger partial charge in [0.1, 0.15) is 5.00 Å². The normalized spacial score (nSPS) is 13.9. The van der Waals surface area contributed by atoms with E-state index in [1.165, 1.54) is 29.2 Å². The summed E-state index contributed by atoms with van der Waals surface area (Å²) in [7, 11) is 0. The highest BCUT2D eigenvalue weighted by atomic mass is 32.2. The van der Waals surface area contributed by atoms with Crippen molar-refractivity contribution in [3.05, 3.63) is 59.7 Å². The molecule has 0 atom stereocenters. The van der Waals surface area contributed by atoms with Crippen LogP contribution in [-0.4, -0.2) is 29.0 Å². The lowest BCUT2D eigenvalue weighted by Gasteiger charge is -2.13. The molecule has 0 amide bonds. The van der Waals surface area contributed by atoms with E-state index in [0.29, 0.717) is 5.13 Å². The molecule has 2 aromatic carbocycles. The summed E-state index contributed by atoms with van der Waals surface area (Å²) in [6.07, 6.45) is 2.54. The molecular weight excluding hydrogens is 521 g/mol. The molecule has 0 aliphatic carbocycles. The Bertz CT molecular complexity index is 1420. The number of thioether (sulfide) groups is 1. The van der Waals surface area contributed by atoms with Gasteiger partial charge < -0.3 is 10.2 Å². The van der Waals surface area contributed by atoms with Crippen LogP contribution in [0.15, 0.2) is 73.3 Å². The largest absolute Gasteiger partial charge is 0.363 e. The van der Waals surface area contributed by atoms with Crippen molar-refractivity contribution in [2.45, 2.75) is 38.0 Å². The molecule has 1 aliphatic heterocycles. The molecule has 0 saturated carbocycles. The Hall–Kier alpha value is -3.15. The Kier molecular flexibility index (Phi) is 8.22. The highest BCUT2D eigenvalue weighted by Crippen LogP contribution is 2.35. The number of nitrogens with one attached hydrogen (secondary N) is 1. The fourth-order valence-corrected chi connectivity index (χ4v) is 6.40. The molecule has 1 N–H and O–H groups in total. The van der Waals surface area contributed by atoms with Gasteiger partial charge in [0, 0.05) is 24.5 Å². The molecule has 11 heteroatoms. The zero-order chi connectivity index (χ0) is 25.6. The Balaban J connectivity index is 1.21. The molecular formula is C26H28N8S3. The first-order chi connectivity index (χ1) is 18.1. The van der Waals surface area contributed by atoms with Crippen molar-refractivity contribution >= 4 is 72.3 Å². The minimum atomic E-state index is 0.566. The van der Waals surface area contributed by atoms with E-state index in [1.54, 1.807) is 23.1 Å². The number of aryl methyl sites for hydroxylation is 2. The molecule has 1 fully saturated rings. The predicted molar refractivity (Wildman–Crippen MR) is 156 cm³/mol. The van der Waals surface area contributed by atoms with Gasteiger partial charge in [0.15, 0.2) is 4.34 Å². The fraction of sp³-hybridized carbons (Fsp3) is 0.308. The summed E-state index contributed by atoms with van der Waals surface area (Å²) in [6.45, 7) is 8.46. The number of azo groups is 2. The van der Waals surface area contributed by atoms with Crippen LogP contribution >= 0.6 is 34.4 Å². The maximum absolute atomic E-state index is 4.46. The average molecular weight is 549 g/mol. The molecule has 2 aromatic heterocycles. The topological polar surface area (TPSA) is 90.5 Å². The molecule has 5 rings (SSSR count). The van der Waals surface area contributed by atoms with E-state index < -0.39 is 0 Å². The zero-order valence-corrected chi connectivity index (χ0v) is 23.5. The fourth-order valence-electron chi connectivity index (χ4n) is 3.96. The summed E-state index contributed by atoms with van der Waals surface area (Å²) in [5.41, 5.74) is 5.77. The van der Waals surface area contributed by atoms with E-state index in [1.807, 2.05) is 43.3 Å². The molecule has 0 spiro atoms. The molecule has 1 aliphatic rings. The van der Waals surface area contributed by atoms with E-state index in [-0.39, 0.29) is 0 Å². The number of hydrogen-bond donors (Lipinski definition) is 1. The first kappa shape index (κ1) is 25.5. The van der Waals surface area contributed by atoms with Crippen LogP contribution in [0.5, 0.6) is 0 Å². The van der Waals surface area contributed by atoms with E-state index in [2.05, 4.69) is 66.9 Å². The van der Waals surface area contributed by atoms with Crippen molar-refractivity contribution in [2.75, 3.05) is 29.1 Å².